The number of ether oxygens (including phenoxy) is 1. The summed E-state index contributed by atoms with van der Waals surface area (Å²) in [4.78, 5) is 29.5. The van der Waals surface area contributed by atoms with Gasteiger partial charge in [0, 0.05) is 19.0 Å². The molecule has 1 aliphatic carbocycles. The average Bonchev–Trinajstić information content (AvgIpc) is 3.39. The van der Waals surface area contributed by atoms with Gasteiger partial charge in [-0.1, -0.05) is 84.6 Å². The summed E-state index contributed by atoms with van der Waals surface area (Å²) in [6, 6.07) is 23.5. The van der Waals surface area contributed by atoms with Gasteiger partial charge < -0.3 is 15.0 Å². The molecule has 0 radical (unpaired) electrons. The molecule has 5 nitrogen and oxygen atoms in total. The number of benzene rings is 3. The number of nitrogens with zero attached hydrogens (tertiary/aromatic N) is 1. The number of amides is 2. The van der Waals surface area contributed by atoms with Gasteiger partial charge in [0.25, 0.3) is 0 Å². The van der Waals surface area contributed by atoms with E-state index in [2.05, 4.69) is 23.5 Å². The van der Waals surface area contributed by atoms with Crippen LogP contribution in [0.5, 0.6) is 5.75 Å². The molecule has 0 saturated heterocycles. The fourth-order valence-corrected chi connectivity index (χ4v) is 5.34. The molecule has 4 rings (SSSR count). The molecule has 0 spiro atoms. The van der Waals surface area contributed by atoms with Gasteiger partial charge in [-0.2, -0.15) is 0 Å². The zero-order chi connectivity index (χ0) is 26.2. The van der Waals surface area contributed by atoms with Crippen molar-refractivity contribution in [2.24, 2.45) is 0 Å². The summed E-state index contributed by atoms with van der Waals surface area (Å²) in [6.45, 7) is 4.42. The Hall–Kier alpha value is -3.60. The smallest absolute Gasteiger partial charge is 0.243 e. The van der Waals surface area contributed by atoms with Crippen LogP contribution in [0.15, 0.2) is 72.8 Å². The van der Waals surface area contributed by atoms with Gasteiger partial charge in [0.15, 0.2) is 0 Å². The molecule has 2 amide bonds. The van der Waals surface area contributed by atoms with Crippen molar-refractivity contribution in [2.75, 3.05) is 7.11 Å². The fourth-order valence-electron chi connectivity index (χ4n) is 5.34. The summed E-state index contributed by atoms with van der Waals surface area (Å²) >= 11 is 0. The third-order valence-corrected chi connectivity index (χ3v) is 7.10. The van der Waals surface area contributed by atoms with Gasteiger partial charge in [-0.3, -0.25) is 9.59 Å². The highest BCUT2D eigenvalue weighted by atomic mass is 16.5. The number of methoxy groups -OCH3 is 1. The molecule has 5 heteroatoms. The first kappa shape index (κ1) is 26.5. The Morgan fingerprint density at radius 1 is 0.892 bits per heavy atom. The van der Waals surface area contributed by atoms with Crippen LogP contribution >= 0.6 is 0 Å². The van der Waals surface area contributed by atoms with E-state index in [0.29, 0.717) is 13.0 Å². The van der Waals surface area contributed by atoms with E-state index in [-0.39, 0.29) is 24.3 Å². The van der Waals surface area contributed by atoms with Gasteiger partial charge in [0.05, 0.1) is 13.5 Å². The maximum atomic E-state index is 14.0. The number of nitrogens with one attached hydrogen (secondary N) is 1. The Balaban J connectivity index is 1.68. The number of hydrogen-bond donors (Lipinski definition) is 1. The molecule has 1 atom stereocenters. The van der Waals surface area contributed by atoms with Crippen molar-refractivity contribution in [3.05, 3.63) is 101 Å². The summed E-state index contributed by atoms with van der Waals surface area (Å²) in [7, 11) is 1.63. The van der Waals surface area contributed by atoms with Crippen molar-refractivity contribution in [3.8, 4) is 5.75 Å². The summed E-state index contributed by atoms with van der Waals surface area (Å²) in [5.41, 5.74) is 5.18. The Morgan fingerprint density at radius 2 is 1.57 bits per heavy atom. The van der Waals surface area contributed by atoms with Crippen molar-refractivity contribution < 1.29 is 14.3 Å². The first-order chi connectivity index (χ1) is 17.9. The van der Waals surface area contributed by atoms with Gasteiger partial charge in [-0.25, -0.2) is 0 Å². The summed E-state index contributed by atoms with van der Waals surface area (Å²) in [6.07, 6.45) is 4.96. The van der Waals surface area contributed by atoms with Gasteiger partial charge in [-0.05, 0) is 55.5 Å². The number of hydrogen-bond acceptors (Lipinski definition) is 3. The quantitative estimate of drug-likeness (QED) is 0.399. The minimum Gasteiger partial charge on any atom is -0.497 e. The highest BCUT2D eigenvalue weighted by Gasteiger charge is 2.32. The van der Waals surface area contributed by atoms with Gasteiger partial charge in [0.1, 0.15) is 11.8 Å². The van der Waals surface area contributed by atoms with Crippen LogP contribution < -0.4 is 10.1 Å². The predicted octanol–water partition coefficient (Wildman–Crippen LogP) is 5.55. The molecule has 3 aromatic rings. The van der Waals surface area contributed by atoms with E-state index in [9.17, 15) is 9.59 Å². The predicted molar refractivity (Wildman–Crippen MR) is 147 cm³/mol. The first-order valence-corrected chi connectivity index (χ1v) is 13.2. The monoisotopic (exact) mass is 498 g/mol. The van der Waals surface area contributed by atoms with E-state index in [0.717, 1.165) is 59.3 Å². The summed E-state index contributed by atoms with van der Waals surface area (Å²) in [5.74, 6) is 0.594. The topological polar surface area (TPSA) is 58.6 Å². The molecule has 37 heavy (non-hydrogen) atoms. The zero-order valence-corrected chi connectivity index (χ0v) is 22.2. The molecule has 1 fully saturated rings. The van der Waals surface area contributed by atoms with E-state index in [1.807, 2.05) is 68.4 Å². The molecule has 1 aliphatic rings. The summed E-state index contributed by atoms with van der Waals surface area (Å²) in [5, 5.41) is 3.27. The van der Waals surface area contributed by atoms with Crippen LogP contribution in [-0.2, 0) is 29.0 Å². The van der Waals surface area contributed by atoms with Gasteiger partial charge in [0.2, 0.25) is 11.8 Å². The SMILES string of the molecule is COc1cccc(CN(C(=O)Cc2cc(C)cc(C)c2)[C@@H](Cc2ccccc2)C(=O)NC2CCCC2)c1. The van der Waals surface area contributed by atoms with Crippen LogP contribution in [-0.4, -0.2) is 35.9 Å². The van der Waals surface area contributed by atoms with E-state index in [4.69, 9.17) is 4.74 Å². The van der Waals surface area contributed by atoms with Gasteiger partial charge in [-0.15, -0.1) is 0 Å². The number of rotatable bonds is 10. The highest BCUT2D eigenvalue weighted by Crippen LogP contribution is 2.22. The largest absolute Gasteiger partial charge is 0.497 e. The fraction of sp³-hybridized carbons (Fsp3) is 0.375. The van der Waals surface area contributed by atoms with Crippen LogP contribution in [0.1, 0.15) is 53.5 Å². The molecular formula is C32H38N2O3. The Kier molecular flexibility index (Phi) is 8.99. The lowest BCUT2D eigenvalue weighted by Gasteiger charge is -2.32. The molecule has 1 N–H and O–H groups in total. The Labute approximate surface area is 220 Å². The molecule has 3 aromatic carbocycles. The molecule has 0 aromatic heterocycles. The minimum absolute atomic E-state index is 0.0599. The first-order valence-electron chi connectivity index (χ1n) is 13.2. The molecule has 1 saturated carbocycles. The van der Waals surface area contributed by atoms with Crippen molar-refractivity contribution in [1.29, 1.82) is 0 Å². The number of aryl methyl sites for hydroxylation is 2. The Bertz CT molecular complexity index is 1180. The molecular weight excluding hydrogens is 460 g/mol. The average molecular weight is 499 g/mol. The van der Waals surface area contributed by atoms with E-state index in [1.54, 1.807) is 12.0 Å². The zero-order valence-electron chi connectivity index (χ0n) is 22.2. The second kappa shape index (κ2) is 12.6. The lowest BCUT2D eigenvalue weighted by atomic mass is 10.00. The van der Waals surface area contributed by atoms with E-state index >= 15 is 0 Å². The van der Waals surface area contributed by atoms with Crippen LogP contribution in [0.2, 0.25) is 0 Å². The normalized spacial score (nSPS) is 14.2. The minimum atomic E-state index is -0.618. The van der Waals surface area contributed by atoms with Crippen LogP contribution in [0, 0.1) is 13.8 Å². The number of carbonyl (C=O) groups is 2. The lowest BCUT2D eigenvalue weighted by molar-refractivity contribution is -0.141. The van der Waals surface area contributed by atoms with Crippen molar-refractivity contribution in [3.63, 3.8) is 0 Å². The third kappa shape index (κ3) is 7.45. The van der Waals surface area contributed by atoms with Crippen LogP contribution in [0.25, 0.3) is 0 Å². The highest BCUT2D eigenvalue weighted by molar-refractivity contribution is 5.89. The second-order valence-corrected chi connectivity index (χ2v) is 10.2. The third-order valence-electron chi connectivity index (χ3n) is 7.10. The van der Waals surface area contributed by atoms with Crippen LogP contribution in [0.3, 0.4) is 0 Å². The molecule has 0 aliphatic heterocycles. The molecule has 0 bridgehead atoms. The van der Waals surface area contributed by atoms with Gasteiger partial charge >= 0.3 is 0 Å². The van der Waals surface area contributed by atoms with Crippen molar-refractivity contribution in [2.45, 2.75) is 71.0 Å². The maximum absolute atomic E-state index is 14.0. The van der Waals surface area contributed by atoms with E-state index < -0.39 is 6.04 Å². The van der Waals surface area contributed by atoms with Crippen LogP contribution in [0.4, 0.5) is 0 Å². The standard InChI is InChI=1S/C32H38N2O3/c1-23-16-24(2)18-27(17-23)21-31(35)34(22-26-12-9-15-29(19-26)37-3)30(20-25-10-5-4-6-11-25)32(36)33-28-13-7-8-14-28/h4-6,9-12,15-19,28,30H,7-8,13-14,20-22H2,1-3H3,(H,33,36)/t30-/m0/s1. The molecule has 194 valence electrons. The van der Waals surface area contributed by atoms with Crippen molar-refractivity contribution >= 4 is 11.8 Å². The van der Waals surface area contributed by atoms with Crippen molar-refractivity contribution in [1.82, 2.24) is 10.2 Å². The molecule has 0 unspecified atom stereocenters. The number of carbonyl (C=O) groups excluding carboxylic acids is 2. The summed E-state index contributed by atoms with van der Waals surface area (Å²) < 4.78 is 5.43. The molecule has 0 heterocycles. The maximum Gasteiger partial charge on any atom is 0.243 e. The van der Waals surface area contributed by atoms with E-state index in [1.165, 1.54) is 0 Å². The lowest BCUT2D eigenvalue weighted by Crippen LogP contribution is -2.52. The Morgan fingerprint density at radius 3 is 2.24 bits per heavy atom. The second-order valence-electron chi connectivity index (χ2n) is 10.2.